The highest BCUT2D eigenvalue weighted by Crippen LogP contribution is 2.34. The average molecular weight is 323 g/mol. The van der Waals surface area contributed by atoms with Crippen LogP contribution in [-0.4, -0.2) is 20.5 Å². The van der Waals surface area contributed by atoms with Gasteiger partial charge in [-0.05, 0) is 25.0 Å². The molecule has 1 aromatic rings. The third-order valence-corrected chi connectivity index (χ3v) is 6.02. The van der Waals surface area contributed by atoms with E-state index in [4.69, 9.17) is 28.9 Å². The van der Waals surface area contributed by atoms with E-state index in [1.807, 2.05) is 0 Å². The van der Waals surface area contributed by atoms with Gasteiger partial charge in [-0.3, -0.25) is 0 Å². The number of benzene rings is 1. The van der Waals surface area contributed by atoms with Crippen molar-refractivity contribution in [1.29, 1.82) is 0 Å². The molecule has 1 fully saturated rings. The van der Waals surface area contributed by atoms with Crippen molar-refractivity contribution in [3.05, 3.63) is 28.2 Å². The van der Waals surface area contributed by atoms with Crippen molar-refractivity contribution >= 4 is 33.2 Å². The Morgan fingerprint density at radius 3 is 2.21 bits per heavy atom. The summed E-state index contributed by atoms with van der Waals surface area (Å²) in [5.74, 6) is 0. The smallest absolute Gasteiger partial charge is 0.244 e. The topological polar surface area (TPSA) is 72.2 Å². The molecule has 0 amide bonds. The van der Waals surface area contributed by atoms with Crippen LogP contribution in [0.25, 0.3) is 0 Å². The number of hydrogen-bond acceptors (Lipinski definition) is 3. The predicted molar refractivity (Wildman–Crippen MR) is 77.0 cm³/mol. The van der Waals surface area contributed by atoms with Gasteiger partial charge in [0.2, 0.25) is 10.0 Å². The van der Waals surface area contributed by atoms with Crippen LogP contribution in [0.4, 0.5) is 0 Å². The van der Waals surface area contributed by atoms with Gasteiger partial charge in [0.15, 0.2) is 0 Å². The maximum Gasteiger partial charge on any atom is 0.244 e. The molecule has 2 rings (SSSR count). The predicted octanol–water partition coefficient (Wildman–Crippen LogP) is 2.54. The Morgan fingerprint density at radius 1 is 1.21 bits per heavy atom. The summed E-state index contributed by atoms with van der Waals surface area (Å²) in [7, 11) is -3.77. The molecular weight excluding hydrogens is 307 g/mol. The fourth-order valence-electron chi connectivity index (χ4n) is 2.47. The lowest BCUT2D eigenvalue weighted by atomic mass is 10.0. The molecule has 0 radical (unpaired) electrons. The van der Waals surface area contributed by atoms with Gasteiger partial charge in [-0.25, -0.2) is 13.1 Å². The maximum atomic E-state index is 12.5. The first kappa shape index (κ1) is 15.1. The third-order valence-electron chi connectivity index (χ3n) is 3.49. The van der Waals surface area contributed by atoms with Gasteiger partial charge < -0.3 is 5.73 Å². The van der Waals surface area contributed by atoms with Gasteiger partial charge >= 0.3 is 0 Å². The lowest BCUT2D eigenvalue weighted by Crippen LogP contribution is -2.51. The van der Waals surface area contributed by atoms with Crippen LogP contribution in [0.1, 0.15) is 25.7 Å². The number of halogens is 2. The Morgan fingerprint density at radius 2 is 1.74 bits per heavy atom. The number of nitrogens with one attached hydrogen (secondary N) is 1. The molecule has 0 spiro atoms. The summed E-state index contributed by atoms with van der Waals surface area (Å²) in [6.07, 6.45) is 3.42. The first-order valence-electron chi connectivity index (χ1n) is 6.08. The fourth-order valence-corrected chi connectivity index (χ4v) is 5.09. The summed E-state index contributed by atoms with van der Waals surface area (Å²) in [5.41, 5.74) is 5.17. The highest BCUT2D eigenvalue weighted by atomic mass is 35.5. The molecule has 0 saturated heterocycles. The van der Waals surface area contributed by atoms with Crippen molar-refractivity contribution in [2.24, 2.45) is 5.73 Å². The van der Waals surface area contributed by atoms with E-state index in [1.54, 1.807) is 6.07 Å². The van der Waals surface area contributed by atoms with Crippen LogP contribution < -0.4 is 10.5 Å². The second-order valence-electron chi connectivity index (χ2n) is 4.85. The molecule has 1 aliphatic rings. The van der Waals surface area contributed by atoms with Gasteiger partial charge in [0.25, 0.3) is 0 Å². The summed E-state index contributed by atoms with van der Waals surface area (Å²) < 4.78 is 27.6. The van der Waals surface area contributed by atoms with Gasteiger partial charge in [-0.2, -0.15) is 0 Å². The van der Waals surface area contributed by atoms with Crippen molar-refractivity contribution in [2.45, 2.75) is 36.1 Å². The zero-order valence-corrected chi connectivity index (χ0v) is 12.7. The molecule has 0 bridgehead atoms. The van der Waals surface area contributed by atoms with E-state index in [2.05, 4.69) is 4.72 Å². The van der Waals surface area contributed by atoms with Gasteiger partial charge in [0, 0.05) is 12.1 Å². The molecule has 1 aromatic carbocycles. The Bertz CT molecular complexity index is 549. The summed E-state index contributed by atoms with van der Waals surface area (Å²) in [6, 6.07) is 4.62. The van der Waals surface area contributed by atoms with Crippen LogP contribution in [0.2, 0.25) is 10.0 Å². The molecular formula is C12H16Cl2N2O2S. The Balaban J connectivity index is 2.38. The third kappa shape index (κ3) is 3.06. The van der Waals surface area contributed by atoms with Crippen LogP contribution in [-0.2, 0) is 10.0 Å². The summed E-state index contributed by atoms with van der Waals surface area (Å²) in [5, 5.41) is 0.232. The molecule has 0 unspecified atom stereocenters. The van der Waals surface area contributed by atoms with Crippen LogP contribution in [0, 0.1) is 0 Å². The molecule has 1 saturated carbocycles. The van der Waals surface area contributed by atoms with E-state index in [9.17, 15) is 8.42 Å². The lowest BCUT2D eigenvalue weighted by molar-refractivity contribution is 0.399. The monoisotopic (exact) mass is 322 g/mol. The van der Waals surface area contributed by atoms with E-state index in [-0.39, 0.29) is 21.5 Å². The minimum absolute atomic E-state index is 0.0712. The van der Waals surface area contributed by atoms with Crippen LogP contribution in [0.5, 0.6) is 0 Å². The maximum absolute atomic E-state index is 12.5. The standard InChI is InChI=1S/C12H16Cl2N2O2S/c13-9-4-3-5-10(14)11(9)19(17,18)16-12(8-15)6-1-2-7-12/h3-5,16H,1-2,6-8,15H2. The molecule has 106 valence electrons. The molecule has 4 nitrogen and oxygen atoms in total. The quantitative estimate of drug-likeness (QED) is 0.894. The van der Waals surface area contributed by atoms with Crippen molar-refractivity contribution in [3.63, 3.8) is 0 Å². The SMILES string of the molecule is NCC1(NS(=O)(=O)c2c(Cl)cccc2Cl)CCCC1. The number of hydrogen-bond donors (Lipinski definition) is 2. The van der Waals surface area contributed by atoms with E-state index in [0.717, 1.165) is 25.7 Å². The van der Waals surface area contributed by atoms with Crippen LogP contribution in [0.15, 0.2) is 23.1 Å². The molecule has 19 heavy (non-hydrogen) atoms. The summed E-state index contributed by atoms with van der Waals surface area (Å²) in [6.45, 7) is 0.272. The van der Waals surface area contributed by atoms with Crippen molar-refractivity contribution in [2.75, 3.05) is 6.54 Å². The lowest BCUT2D eigenvalue weighted by Gasteiger charge is -2.28. The zero-order chi connectivity index (χ0) is 14.1. The minimum atomic E-state index is -3.77. The molecule has 7 heteroatoms. The number of rotatable bonds is 4. The zero-order valence-electron chi connectivity index (χ0n) is 10.3. The van der Waals surface area contributed by atoms with Gasteiger partial charge in [0.05, 0.1) is 10.0 Å². The van der Waals surface area contributed by atoms with Crippen molar-refractivity contribution < 1.29 is 8.42 Å². The second kappa shape index (κ2) is 5.58. The highest BCUT2D eigenvalue weighted by Gasteiger charge is 2.37. The van der Waals surface area contributed by atoms with Gasteiger partial charge in [0.1, 0.15) is 4.90 Å². The number of sulfonamides is 1. The first-order chi connectivity index (χ1) is 8.90. The Labute approximate surface area is 123 Å². The van der Waals surface area contributed by atoms with E-state index in [1.165, 1.54) is 12.1 Å². The van der Waals surface area contributed by atoms with E-state index >= 15 is 0 Å². The molecule has 0 aromatic heterocycles. The first-order valence-corrected chi connectivity index (χ1v) is 8.32. The number of nitrogens with two attached hydrogens (primary N) is 1. The van der Waals surface area contributed by atoms with Gasteiger partial charge in [-0.1, -0.05) is 42.1 Å². The largest absolute Gasteiger partial charge is 0.329 e. The van der Waals surface area contributed by atoms with Crippen molar-refractivity contribution in [1.82, 2.24) is 4.72 Å². The van der Waals surface area contributed by atoms with Gasteiger partial charge in [-0.15, -0.1) is 0 Å². The summed E-state index contributed by atoms with van der Waals surface area (Å²) in [4.78, 5) is -0.0712. The average Bonchev–Trinajstić information content (AvgIpc) is 2.77. The van der Waals surface area contributed by atoms with E-state index in [0.29, 0.717) is 0 Å². The fraction of sp³-hybridized carbons (Fsp3) is 0.500. The second-order valence-corrected chi connectivity index (χ2v) is 7.28. The van der Waals surface area contributed by atoms with Crippen LogP contribution in [0.3, 0.4) is 0 Å². The summed E-state index contributed by atoms with van der Waals surface area (Å²) >= 11 is 11.9. The highest BCUT2D eigenvalue weighted by molar-refractivity contribution is 7.89. The molecule has 0 heterocycles. The minimum Gasteiger partial charge on any atom is -0.329 e. The molecule has 1 aliphatic carbocycles. The van der Waals surface area contributed by atoms with Crippen molar-refractivity contribution in [3.8, 4) is 0 Å². The normalized spacial score (nSPS) is 18.7. The van der Waals surface area contributed by atoms with Crippen LogP contribution >= 0.6 is 23.2 Å². The molecule has 0 atom stereocenters. The molecule has 3 N–H and O–H groups in total. The molecule has 0 aliphatic heterocycles. The Kier molecular flexibility index (Phi) is 4.42. The van der Waals surface area contributed by atoms with E-state index < -0.39 is 15.6 Å². The Hall–Kier alpha value is -0.330.